The average molecular weight is 370 g/mol. The maximum Gasteiger partial charge on any atom is 0.279 e. The summed E-state index contributed by atoms with van der Waals surface area (Å²) in [6.07, 6.45) is 0. The lowest BCUT2D eigenvalue weighted by Gasteiger charge is -2.18. The molecule has 6 heteroatoms. The van der Waals surface area contributed by atoms with E-state index in [1.165, 1.54) is 0 Å². The van der Waals surface area contributed by atoms with Crippen LogP contribution in [0.3, 0.4) is 0 Å². The van der Waals surface area contributed by atoms with E-state index in [0.29, 0.717) is 12.2 Å². The Morgan fingerprint density at radius 1 is 0.926 bits per heavy atom. The summed E-state index contributed by atoms with van der Waals surface area (Å²) in [5.41, 5.74) is 3.61. The van der Waals surface area contributed by atoms with Gasteiger partial charge in [-0.15, -0.1) is 0 Å². The first-order chi connectivity index (χ1) is 12.9. The van der Waals surface area contributed by atoms with Crippen molar-refractivity contribution < 1.29 is 19.2 Å². The largest absolute Gasteiger partial charge is 0.497 e. The number of rotatable bonds is 8. The highest BCUT2D eigenvalue weighted by Gasteiger charge is 2.18. The van der Waals surface area contributed by atoms with Gasteiger partial charge in [-0.05, 0) is 56.2 Å². The number of quaternary nitrogens is 1. The van der Waals surface area contributed by atoms with Crippen molar-refractivity contribution in [2.45, 2.75) is 20.8 Å². The third-order valence-electron chi connectivity index (χ3n) is 4.44. The lowest BCUT2D eigenvalue weighted by molar-refractivity contribution is -0.881. The Kier molecular flexibility index (Phi) is 7.37. The predicted octanol–water partition coefficient (Wildman–Crippen LogP) is 1.79. The summed E-state index contributed by atoms with van der Waals surface area (Å²) in [5.74, 6) is 0.510. The van der Waals surface area contributed by atoms with Crippen LogP contribution in [0.2, 0.25) is 0 Å². The lowest BCUT2D eigenvalue weighted by Crippen LogP contribution is -3.13. The first-order valence-corrected chi connectivity index (χ1v) is 9.06. The van der Waals surface area contributed by atoms with Crippen LogP contribution in [0.4, 0.5) is 11.4 Å². The minimum atomic E-state index is -0.128. The molecule has 0 aliphatic heterocycles. The molecule has 1 unspecified atom stereocenters. The second-order valence-corrected chi connectivity index (χ2v) is 6.55. The zero-order chi connectivity index (χ0) is 19.8. The molecule has 144 valence electrons. The predicted molar refractivity (Wildman–Crippen MR) is 107 cm³/mol. The van der Waals surface area contributed by atoms with Gasteiger partial charge in [0.05, 0.1) is 13.7 Å². The number of para-hydroxylation sites is 1. The average Bonchev–Trinajstić information content (AvgIpc) is 2.65. The molecule has 3 N–H and O–H groups in total. The van der Waals surface area contributed by atoms with E-state index in [-0.39, 0.29) is 24.9 Å². The van der Waals surface area contributed by atoms with E-state index in [9.17, 15) is 9.59 Å². The molecule has 0 saturated heterocycles. The topological polar surface area (TPSA) is 71.9 Å². The second-order valence-electron chi connectivity index (χ2n) is 6.55. The van der Waals surface area contributed by atoms with E-state index in [1.807, 2.05) is 39.0 Å². The summed E-state index contributed by atoms with van der Waals surface area (Å²) < 4.78 is 5.10. The van der Waals surface area contributed by atoms with Crippen LogP contribution < -0.4 is 20.3 Å². The molecule has 2 amide bonds. The SMILES string of the molecule is CC[NH+](CC(=O)Nc1ccc(OC)cc1)CC(=O)Nc1c(C)cccc1C. The number of likely N-dealkylation sites (N-methyl/N-ethyl adjacent to an activating group) is 1. The third-order valence-corrected chi connectivity index (χ3v) is 4.44. The number of nitrogens with one attached hydrogen (secondary N) is 3. The molecule has 2 rings (SSSR count). The zero-order valence-electron chi connectivity index (χ0n) is 16.4. The van der Waals surface area contributed by atoms with Crippen molar-refractivity contribution in [3.8, 4) is 5.75 Å². The summed E-state index contributed by atoms with van der Waals surface area (Å²) >= 11 is 0. The van der Waals surface area contributed by atoms with Crippen LogP contribution in [-0.4, -0.2) is 38.6 Å². The van der Waals surface area contributed by atoms with Gasteiger partial charge in [-0.1, -0.05) is 18.2 Å². The van der Waals surface area contributed by atoms with E-state index < -0.39 is 0 Å². The molecule has 0 aliphatic rings. The van der Waals surface area contributed by atoms with Gasteiger partial charge in [-0.3, -0.25) is 9.59 Å². The van der Waals surface area contributed by atoms with Crippen LogP contribution >= 0.6 is 0 Å². The molecule has 6 nitrogen and oxygen atoms in total. The smallest absolute Gasteiger partial charge is 0.279 e. The Morgan fingerprint density at radius 3 is 2.00 bits per heavy atom. The minimum Gasteiger partial charge on any atom is -0.497 e. The maximum atomic E-state index is 12.4. The Bertz CT molecular complexity index is 768. The van der Waals surface area contributed by atoms with Crippen molar-refractivity contribution in [3.05, 3.63) is 53.6 Å². The maximum absolute atomic E-state index is 12.4. The van der Waals surface area contributed by atoms with Crippen LogP contribution in [0.5, 0.6) is 5.75 Å². The van der Waals surface area contributed by atoms with Gasteiger partial charge in [0.15, 0.2) is 13.1 Å². The fourth-order valence-electron chi connectivity index (χ4n) is 2.84. The van der Waals surface area contributed by atoms with Gasteiger partial charge >= 0.3 is 0 Å². The molecule has 0 aliphatic carbocycles. The van der Waals surface area contributed by atoms with Gasteiger partial charge in [-0.2, -0.15) is 0 Å². The van der Waals surface area contributed by atoms with E-state index in [1.54, 1.807) is 31.4 Å². The Morgan fingerprint density at radius 2 is 1.48 bits per heavy atom. The highest BCUT2D eigenvalue weighted by atomic mass is 16.5. The van der Waals surface area contributed by atoms with Gasteiger partial charge < -0.3 is 20.3 Å². The monoisotopic (exact) mass is 370 g/mol. The summed E-state index contributed by atoms with van der Waals surface area (Å²) in [7, 11) is 1.60. The molecular weight excluding hydrogens is 342 g/mol. The molecule has 0 radical (unpaired) electrons. The quantitative estimate of drug-likeness (QED) is 0.663. The molecule has 1 atom stereocenters. The molecule has 0 bridgehead atoms. The van der Waals surface area contributed by atoms with Crippen LogP contribution in [0.1, 0.15) is 18.1 Å². The van der Waals surface area contributed by atoms with Gasteiger partial charge in [0, 0.05) is 11.4 Å². The van der Waals surface area contributed by atoms with E-state index in [2.05, 4.69) is 10.6 Å². The second kappa shape index (κ2) is 9.73. The Balaban J connectivity index is 1.90. The van der Waals surface area contributed by atoms with Crippen molar-refractivity contribution >= 4 is 23.2 Å². The first-order valence-electron chi connectivity index (χ1n) is 9.06. The standard InChI is InChI=1S/C21H27N3O3/c1-5-24(13-19(25)22-17-9-11-18(27-4)12-10-17)14-20(26)23-21-15(2)7-6-8-16(21)3/h6-12H,5,13-14H2,1-4H3,(H,22,25)(H,23,26)/p+1. The fraction of sp³-hybridized carbons (Fsp3) is 0.333. The van der Waals surface area contributed by atoms with Crippen molar-refractivity contribution in [2.24, 2.45) is 0 Å². The number of hydrogen-bond donors (Lipinski definition) is 3. The zero-order valence-corrected chi connectivity index (χ0v) is 16.4. The highest BCUT2D eigenvalue weighted by Crippen LogP contribution is 2.19. The first kappa shape index (κ1) is 20.5. The van der Waals surface area contributed by atoms with E-state index >= 15 is 0 Å². The number of ether oxygens (including phenoxy) is 1. The lowest BCUT2D eigenvalue weighted by atomic mass is 10.1. The summed E-state index contributed by atoms with van der Waals surface area (Å²) in [6, 6.07) is 13.1. The fourth-order valence-corrected chi connectivity index (χ4v) is 2.84. The van der Waals surface area contributed by atoms with Gasteiger partial charge in [0.2, 0.25) is 0 Å². The van der Waals surface area contributed by atoms with Crippen molar-refractivity contribution in [1.82, 2.24) is 0 Å². The molecule has 0 fully saturated rings. The molecule has 0 spiro atoms. The van der Waals surface area contributed by atoms with Crippen LogP contribution in [-0.2, 0) is 9.59 Å². The Labute approximate surface area is 160 Å². The number of methoxy groups -OCH3 is 1. The van der Waals surface area contributed by atoms with Crippen LogP contribution in [0.25, 0.3) is 0 Å². The molecule has 2 aromatic rings. The number of hydrogen-bond acceptors (Lipinski definition) is 3. The van der Waals surface area contributed by atoms with Crippen molar-refractivity contribution in [1.29, 1.82) is 0 Å². The number of aryl methyl sites for hydroxylation is 2. The summed E-state index contributed by atoms with van der Waals surface area (Å²) in [4.78, 5) is 25.6. The van der Waals surface area contributed by atoms with Crippen molar-refractivity contribution in [3.63, 3.8) is 0 Å². The molecule has 27 heavy (non-hydrogen) atoms. The van der Waals surface area contributed by atoms with Crippen molar-refractivity contribution in [2.75, 3.05) is 37.4 Å². The van der Waals surface area contributed by atoms with E-state index in [0.717, 1.165) is 27.5 Å². The van der Waals surface area contributed by atoms with Crippen LogP contribution in [0.15, 0.2) is 42.5 Å². The molecule has 2 aromatic carbocycles. The van der Waals surface area contributed by atoms with Crippen LogP contribution in [0, 0.1) is 13.8 Å². The van der Waals surface area contributed by atoms with Gasteiger partial charge in [-0.25, -0.2) is 0 Å². The Hall–Kier alpha value is -2.86. The number of anilines is 2. The summed E-state index contributed by atoms with van der Waals surface area (Å²) in [5, 5.41) is 5.83. The summed E-state index contributed by atoms with van der Waals surface area (Å²) in [6.45, 7) is 7.03. The number of benzene rings is 2. The molecule has 0 saturated carbocycles. The highest BCUT2D eigenvalue weighted by molar-refractivity contribution is 5.94. The van der Waals surface area contributed by atoms with Gasteiger partial charge in [0.25, 0.3) is 11.8 Å². The minimum absolute atomic E-state index is 0.0958. The number of carbonyl (C=O) groups is 2. The van der Waals surface area contributed by atoms with E-state index in [4.69, 9.17) is 4.74 Å². The third kappa shape index (κ3) is 6.11. The number of amides is 2. The normalized spacial score (nSPS) is 11.6. The van der Waals surface area contributed by atoms with Gasteiger partial charge in [0.1, 0.15) is 5.75 Å². The molecule has 0 heterocycles. The number of carbonyl (C=O) groups excluding carboxylic acids is 2. The molecule has 0 aromatic heterocycles. The molecular formula is C21H28N3O3+.